The minimum atomic E-state index is -3.46. The third-order valence-electron chi connectivity index (χ3n) is 3.17. The minimum absolute atomic E-state index is 0.249. The second-order valence-electron chi connectivity index (χ2n) is 4.89. The molecule has 0 bridgehead atoms. The number of rotatable bonds is 10. The van der Waals surface area contributed by atoms with Crippen LogP contribution in [0.4, 0.5) is 5.69 Å². The van der Waals surface area contributed by atoms with Crippen molar-refractivity contribution < 1.29 is 18.4 Å². The lowest BCUT2D eigenvalue weighted by atomic mass is 10.2. The number of para-hydroxylation sites is 1. The van der Waals surface area contributed by atoms with Crippen molar-refractivity contribution in [3.8, 4) is 0 Å². The number of hydrogen-bond acceptors (Lipinski definition) is 4. The van der Waals surface area contributed by atoms with Crippen LogP contribution in [0.5, 0.6) is 0 Å². The average molecular weight is 327 g/mol. The van der Waals surface area contributed by atoms with Gasteiger partial charge in [-0.2, -0.15) is 0 Å². The van der Waals surface area contributed by atoms with E-state index in [-0.39, 0.29) is 19.1 Å². The summed E-state index contributed by atoms with van der Waals surface area (Å²) >= 11 is 0. The van der Waals surface area contributed by atoms with E-state index in [9.17, 15) is 9.36 Å². The molecule has 0 fully saturated rings. The lowest BCUT2D eigenvalue weighted by Gasteiger charge is -2.25. The summed E-state index contributed by atoms with van der Waals surface area (Å²) < 4.78 is 23.7. The number of benzene rings is 1. The molecule has 1 rings (SSSR count). The summed E-state index contributed by atoms with van der Waals surface area (Å²) in [4.78, 5) is 12.6. The number of anilines is 1. The molecule has 124 valence electrons. The van der Waals surface area contributed by atoms with Gasteiger partial charge in [0.2, 0.25) is 5.91 Å². The molecular formula is C16H26NO4P. The Morgan fingerprint density at radius 2 is 1.73 bits per heavy atom. The van der Waals surface area contributed by atoms with E-state index in [1.54, 1.807) is 26.0 Å². The zero-order chi connectivity index (χ0) is 16.4. The van der Waals surface area contributed by atoms with Gasteiger partial charge in [-0.25, -0.2) is 0 Å². The Morgan fingerprint density at radius 1 is 1.14 bits per heavy atom. The Hall–Kier alpha value is -1.16. The maximum Gasteiger partial charge on any atom is 0.343 e. The summed E-state index contributed by atoms with van der Waals surface area (Å²) in [6, 6.07) is 9.13. The molecule has 0 saturated carbocycles. The molecule has 0 unspecified atom stereocenters. The Labute approximate surface area is 132 Å². The number of amides is 1. The first kappa shape index (κ1) is 18.9. The molecule has 0 aromatic heterocycles. The highest BCUT2D eigenvalue weighted by molar-refractivity contribution is 7.55. The van der Waals surface area contributed by atoms with Crippen LogP contribution in [0.3, 0.4) is 0 Å². The second-order valence-corrected chi connectivity index (χ2v) is 7.11. The van der Waals surface area contributed by atoms with Crippen LogP contribution in [-0.4, -0.2) is 24.8 Å². The van der Waals surface area contributed by atoms with Gasteiger partial charge in [0.05, 0.1) is 13.2 Å². The first-order chi connectivity index (χ1) is 10.6. The first-order valence-electron chi connectivity index (χ1n) is 7.82. The topological polar surface area (TPSA) is 64.6 Å². The van der Waals surface area contributed by atoms with Crippen LogP contribution in [0.25, 0.3) is 0 Å². The fourth-order valence-corrected chi connectivity index (χ4v) is 4.16. The maximum absolute atomic E-state index is 12.9. The smallest absolute Gasteiger partial charge is 0.325 e. The van der Waals surface area contributed by atoms with E-state index >= 15 is 0 Å². The van der Waals surface area contributed by atoms with Crippen molar-refractivity contribution >= 4 is 19.2 Å². The van der Waals surface area contributed by atoms with Gasteiger partial charge < -0.3 is 14.4 Å². The molecule has 0 heterocycles. The van der Waals surface area contributed by atoms with E-state index in [0.29, 0.717) is 12.1 Å². The van der Waals surface area contributed by atoms with E-state index in [2.05, 4.69) is 5.32 Å². The molecule has 0 aliphatic rings. The van der Waals surface area contributed by atoms with Crippen LogP contribution in [-0.2, 0) is 18.4 Å². The van der Waals surface area contributed by atoms with Crippen molar-refractivity contribution in [2.24, 2.45) is 0 Å². The monoisotopic (exact) mass is 327 g/mol. The molecule has 1 N–H and O–H groups in total. The number of carbonyl (C=O) groups is 1. The number of carbonyl (C=O) groups excluding carboxylic acids is 1. The van der Waals surface area contributed by atoms with Crippen molar-refractivity contribution in [2.75, 3.05) is 18.5 Å². The van der Waals surface area contributed by atoms with E-state index in [4.69, 9.17) is 9.05 Å². The van der Waals surface area contributed by atoms with Crippen LogP contribution >= 0.6 is 7.60 Å². The zero-order valence-electron chi connectivity index (χ0n) is 13.6. The van der Waals surface area contributed by atoms with Gasteiger partial charge in [0.25, 0.3) is 0 Å². The number of unbranched alkanes of at least 4 members (excludes halogenated alkanes) is 1. The predicted molar refractivity (Wildman–Crippen MR) is 89.2 cm³/mol. The van der Waals surface area contributed by atoms with Crippen molar-refractivity contribution in [1.82, 2.24) is 0 Å². The fourth-order valence-electron chi connectivity index (χ4n) is 2.15. The summed E-state index contributed by atoms with van der Waals surface area (Å²) in [6.45, 7) is 6.02. The summed E-state index contributed by atoms with van der Waals surface area (Å²) in [5, 5.41) is 2.80. The fraction of sp³-hybridized carbons (Fsp3) is 0.562. The SMILES string of the molecule is CCCC[C@@H](C(=O)Nc1ccccc1)P(=O)(OCC)OCC. The highest BCUT2D eigenvalue weighted by Gasteiger charge is 2.40. The van der Waals surface area contributed by atoms with Gasteiger partial charge in [0.1, 0.15) is 5.66 Å². The highest BCUT2D eigenvalue weighted by Crippen LogP contribution is 2.54. The summed E-state index contributed by atoms with van der Waals surface area (Å²) in [5.74, 6) is -0.315. The van der Waals surface area contributed by atoms with Crippen LogP contribution in [0.15, 0.2) is 30.3 Å². The molecule has 5 nitrogen and oxygen atoms in total. The van der Waals surface area contributed by atoms with Crippen LogP contribution in [0, 0.1) is 0 Å². The third kappa shape index (κ3) is 5.56. The second kappa shape index (κ2) is 9.78. The molecule has 1 aromatic rings. The standard InChI is InChI=1S/C16H26NO4P/c1-4-7-13-15(22(19,20-5-2)21-6-3)16(18)17-14-11-9-8-10-12-14/h8-12,15H,4-7,13H2,1-3H3,(H,17,18)/t15-/m0/s1. The Bertz CT molecular complexity index is 482. The molecule has 0 saturated heterocycles. The molecule has 0 radical (unpaired) electrons. The van der Waals surface area contributed by atoms with Crippen molar-refractivity contribution in [3.05, 3.63) is 30.3 Å². The minimum Gasteiger partial charge on any atom is -0.325 e. The molecule has 0 aliphatic heterocycles. The number of nitrogens with one attached hydrogen (secondary N) is 1. The molecule has 6 heteroatoms. The van der Waals surface area contributed by atoms with Crippen LogP contribution < -0.4 is 5.32 Å². The normalized spacial score (nSPS) is 12.9. The van der Waals surface area contributed by atoms with E-state index in [1.165, 1.54) is 0 Å². The zero-order valence-corrected chi connectivity index (χ0v) is 14.5. The van der Waals surface area contributed by atoms with Crippen LogP contribution in [0.2, 0.25) is 0 Å². The summed E-state index contributed by atoms with van der Waals surface area (Å²) in [5.41, 5.74) is -0.110. The lowest BCUT2D eigenvalue weighted by molar-refractivity contribution is -0.116. The largest absolute Gasteiger partial charge is 0.343 e. The van der Waals surface area contributed by atoms with Gasteiger partial charge in [-0.05, 0) is 32.4 Å². The average Bonchev–Trinajstić information content (AvgIpc) is 2.49. The molecular weight excluding hydrogens is 301 g/mol. The van der Waals surface area contributed by atoms with Gasteiger partial charge in [-0.3, -0.25) is 9.36 Å². The highest BCUT2D eigenvalue weighted by atomic mass is 31.2. The van der Waals surface area contributed by atoms with Gasteiger partial charge in [-0.15, -0.1) is 0 Å². The number of hydrogen-bond donors (Lipinski definition) is 1. The van der Waals surface area contributed by atoms with Gasteiger partial charge in [0.15, 0.2) is 0 Å². The Balaban J connectivity index is 2.94. The molecule has 1 amide bonds. The molecule has 22 heavy (non-hydrogen) atoms. The molecule has 1 atom stereocenters. The first-order valence-corrected chi connectivity index (χ1v) is 9.43. The molecule has 1 aromatic carbocycles. The van der Waals surface area contributed by atoms with E-state index in [0.717, 1.165) is 12.8 Å². The Kier molecular flexibility index (Phi) is 8.39. The van der Waals surface area contributed by atoms with E-state index < -0.39 is 13.3 Å². The quantitative estimate of drug-likeness (QED) is 0.645. The van der Waals surface area contributed by atoms with Gasteiger partial charge in [0, 0.05) is 5.69 Å². The van der Waals surface area contributed by atoms with Gasteiger partial charge >= 0.3 is 7.60 Å². The maximum atomic E-state index is 12.9. The summed E-state index contributed by atoms with van der Waals surface area (Å²) in [7, 11) is -3.46. The third-order valence-corrected chi connectivity index (χ3v) is 5.67. The van der Waals surface area contributed by atoms with Crippen molar-refractivity contribution in [1.29, 1.82) is 0 Å². The van der Waals surface area contributed by atoms with Crippen molar-refractivity contribution in [2.45, 2.75) is 45.7 Å². The van der Waals surface area contributed by atoms with Gasteiger partial charge in [-0.1, -0.05) is 38.0 Å². The van der Waals surface area contributed by atoms with Crippen molar-refractivity contribution in [3.63, 3.8) is 0 Å². The lowest BCUT2D eigenvalue weighted by Crippen LogP contribution is -2.29. The molecule has 0 aliphatic carbocycles. The molecule has 0 spiro atoms. The summed E-state index contributed by atoms with van der Waals surface area (Å²) in [6.07, 6.45) is 2.18. The van der Waals surface area contributed by atoms with Crippen LogP contribution in [0.1, 0.15) is 40.0 Å². The predicted octanol–water partition coefficient (Wildman–Crippen LogP) is 4.45. The Morgan fingerprint density at radius 3 is 2.23 bits per heavy atom. The van der Waals surface area contributed by atoms with E-state index in [1.807, 2.05) is 25.1 Å².